The molecule has 84 valence electrons. The average molecular weight is 434 g/mol. The molecule has 1 unspecified atom stereocenters. The van der Waals surface area contributed by atoms with Crippen molar-refractivity contribution >= 4 is 51.1 Å². The molecule has 0 radical (unpaired) electrons. The second-order valence-electron chi connectivity index (χ2n) is 3.55. The van der Waals surface area contributed by atoms with Gasteiger partial charge in [0.1, 0.15) is 7.40 Å². The minimum atomic E-state index is -0.960. The Balaban J connectivity index is 2.65. The summed E-state index contributed by atoms with van der Waals surface area (Å²) in [6.07, 6.45) is 2.24. The molecule has 1 rings (SSSR count). The lowest BCUT2D eigenvalue weighted by molar-refractivity contribution is -0.122. The number of amides is 1. The van der Waals surface area contributed by atoms with Crippen molar-refractivity contribution in [3.8, 4) is 0 Å². The molecule has 1 aromatic heterocycles. The molecule has 0 aliphatic carbocycles. The summed E-state index contributed by atoms with van der Waals surface area (Å²) in [5.74, 6) is -0.479. The smallest absolute Gasteiger partial charge is 0.237 e. The summed E-state index contributed by atoms with van der Waals surface area (Å²) in [7, 11) is 0. The van der Waals surface area contributed by atoms with Gasteiger partial charge in [-0.3, -0.25) is 4.79 Å². The topological polar surface area (TPSA) is 86.9 Å². The molecule has 4 N–H and O–H groups in total. The van der Waals surface area contributed by atoms with E-state index >= 15 is 0 Å². The number of primary amides is 1. The standard InChI is InChI=1S/C8H12I2N4O/c1-8(12,7(11)15)2-3-14-4-13-5(9)6(14)10/h4H,2-3,12H2,1H3,(H2,11,15). The zero-order valence-corrected chi connectivity index (χ0v) is 12.5. The molecule has 0 saturated heterocycles. The van der Waals surface area contributed by atoms with Crippen LogP contribution in [0.4, 0.5) is 0 Å². The molecule has 0 saturated carbocycles. The van der Waals surface area contributed by atoms with E-state index in [9.17, 15) is 4.79 Å². The second kappa shape index (κ2) is 4.95. The fraction of sp³-hybridized carbons (Fsp3) is 0.500. The number of halogens is 2. The van der Waals surface area contributed by atoms with Crippen molar-refractivity contribution < 1.29 is 4.79 Å². The summed E-state index contributed by atoms with van der Waals surface area (Å²) < 4.78 is 3.95. The number of hydrogen-bond acceptors (Lipinski definition) is 3. The Bertz CT molecular complexity index is 375. The van der Waals surface area contributed by atoms with Crippen LogP contribution in [-0.4, -0.2) is 21.0 Å². The van der Waals surface area contributed by atoms with Gasteiger partial charge in [-0.2, -0.15) is 0 Å². The Hall–Kier alpha value is 0.1000. The Morgan fingerprint density at radius 3 is 2.67 bits per heavy atom. The first-order valence-corrected chi connectivity index (χ1v) is 6.45. The third kappa shape index (κ3) is 3.28. The quantitative estimate of drug-likeness (QED) is 0.685. The van der Waals surface area contributed by atoms with Crippen LogP contribution in [-0.2, 0) is 11.3 Å². The van der Waals surface area contributed by atoms with Crippen LogP contribution in [0.15, 0.2) is 6.33 Å². The van der Waals surface area contributed by atoms with E-state index in [1.54, 1.807) is 13.3 Å². The van der Waals surface area contributed by atoms with Gasteiger partial charge in [-0.05, 0) is 58.5 Å². The minimum absolute atomic E-state index is 0.479. The van der Waals surface area contributed by atoms with Crippen LogP contribution in [0.5, 0.6) is 0 Å². The van der Waals surface area contributed by atoms with Crippen LogP contribution < -0.4 is 11.5 Å². The molecule has 5 nitrogen and oxygen atoms in total. The summed E-state index contributed by atoms with van der Waals surface area (Å²) in [4.78, 5) is 15.1. The Morgan fingerprint density at radius 2 is 2.27 bits per heavy atom. The monoisotopic (exact) mass is 434 g/mol. The number of aryl methyl sites for hydroxylation is 1. The van der Waals surface area contributed by atoms with Gasteiger partial charge in [-0.15, -0.1) is 0 Å². The first-order valence-electron chi connectivity index (χ1n) is 4.29. The fourth-order valence-electron chi connectivity index (χ4n) is 0.975. The molecular weight excluding hydrogens is 422 g/mol. The number of imidazole rings is 1. The van der Waals surface area contributed by atoms with E-state index in [1.165, 1.54) is 0 Å². The van der Waals surface area contributed by atoms with Gasteiger partial charge >= 0.3 is 0 Å². The normalized spacial score (nSPS) is 14.9. The number of carbonyl (C=O) groups is 1. The number of hydrogen-bond donors (Lipinski definition) is 2. The minimum Gasteiger partial charge on any atom is -0.368 e. The van der Waals surface area contributed by atoms with E-state index in [-0.39, 0.29) is 0 Å². The first-order chi connectivity index (χ1) is 6.84. The van der Waals surface area contributed by atoms with E-state index in [2.05, 4.69) is 50.2 Å². The van der Waals surface area contributed by atoms with Crippen molar-refractivity contribution in [2.45, 2.75) is 25.4 Å². The fourth-order valence-corrected chi connectivity index (χ4v) is 1.91. The van der Waals surface area contributed by atoms with Gasteiger partial charge in [0, 0.05) is 6.54 Å². The Labute approximate surface area is 115 Å². The lowest BCUT2D eigenvalue weighted by atomic mass is 9.99. The van der Waals surface area contributed by atoms with Crippen LogP contribution >= 0.6 is 45.2 Å². The summed E-state index contributed by atoms with van der Waals surface area (Å²) in [5, 5.41) is 0. The highest BCUT2D eigenvalue weighted by Crippen LogP contribution is 2.15. The number of nitrogens with two attached hydrogens (primary N) is 2. The molecule has 1 heterocycles. The van der Waals surface area contributed by atoms with Gasteiger partial charge in [0.25, 0.3) is 0 Å². The number of nitrogens with zero attached hydrogens (tertiary/aromatic N) is 2. The maximum atomic E-state index is 11.0. The van der Waals surface area contributed by atoms with Crippen LogP contribution in [0.1, 0.15) is 13.3 Å². The van der Waals surface area contributed by atoms with Crippen molar-refractivity contribution in [1.29, 1.82) is 0 Å². The van der Waals surface area contributed by atoms with Gasteiger partial charge in [-0.25, -0.2) is 4.98 Å². The lowest BCUT2D eigenvalue weighted by Gasteiger charge is -2.20. The predicted octanol–water partition coefficient (Wildman–Crippen LogP) is 0.685. The highest BCUT2D eigenvalue weighted by Gasteiger charge is 2.25. The highest BCUT2D eigenvalue weighted by atomic mass is 127. The van der Waals surface area contributed by atoms with E-state index < -0.39 is 11.4 Å². The Morgan fingerprint density at radius 1 is 1.67 bits per heavy atom. The molecule has 1 amide bonds. The molecular formula is C8H12I2N4O. The highest BCUT2D eigenvalue weighted by molar-refractivity contribution is 14.1. The van der Waals surface area contributed by atoms with Crippen LogP contribution in [0, 0.1) is 7.40 Å². The maximum Gasteiger partial charge on any atom is 0.237 e. The van der Waals surface area contributed by atoms with Gasteiger partial charge in [-0.1, -0.05) is 0 Å². The second-order valence-corrected chi connectivity index (χ2v) is 5.59. The van der Waals surface area contributed by atoms with Crippen molar-refractivity contribution in [3.63, 3.8) is 0 Å². The molecule has 0 aliphatic heterocycles. The predicted molar refractivity (Wildman–Crippen MR) is 74.1 cm³/mol. The molecule has 0 aromatic carbocycles. The van der Waals surface area contributed by atoms with Crippen molar-refractivity contribution in [3.05, 3.63) is 13.7 Å². The molecule has 0 fully saturated rings. The maximum absolute atomic E-state index is 11.0. The van der Waals surface area contributed by atoms with Crippen molar-refractivity contribution in [2.75, 3.05) is 0 Å². The Kier molecular flexibility index (Phi) is 4.35. The summed E-state index contributed by atoms with van der Waals surface area (Å²) >= 11 is 4.36. The SMILES string of the molecule is CC(N)(CCn1cnc(I)c1I)C(N)=O. The average Bonchev–Trinajstić information content (AvgIpc) is 2.45. The molecule has 1 aromatic rings. The van der Waals surface area contributed by atoms with Gasteiger partial charge in [0.15, 0.2) is 0 Å². The van der Waals surface area contributed by atoms with Gasteiger partial charge < -0.3 is 16.0 Å². The third-order valence-corrected chi connectivity index (χ3v) is 5.12. The van der Waals surface area contributed by atoms with Crippen LogP contribution in [0.2, 0.25) is 0 Å². The largest absolute Gasteiger partial charge is 0.368 e. The van der Waals surface area contributed by atoms with E-state index in [0.29, 0.717) is 13.0 Å². The van der Waals surface area contributed by atoms with Crippen LogP contribution in [0.25, 0.3) is 0 Å². The molecule has 7 heteroatoms. The van der Waals surface area contributed by atoms with E-state index in [4.69, 9.17) is 11.5 Å². The molecule has 15 heavy (non-hydrogen) atoms. The zero-order chi connectivity index (χ0) is 11.6. The molecule has 0 spiro atoms. The summed E-state index contributed by atoms with van der Waals surface area (Å²) in [5.41, 5.74) is 9.98. The molecule has 0 bridgehead atoms. The van der Waals surface area contributed by atoms with Crippen molar-refractivity contribution in [1.82, 2.24) is 9.55 Å². The number of aromatic nitrogens is 2. The molecule has 1 atom stereocenters. The van der Waals surface area contributed by atoms with E-state index in [1.807, 2.05) is 4.57 Å². The van der Waals surface area contributed by atoms with Gasteiger partial charge in [0.2, 0.25) is 5.91 Å². The summed E-state index contributed by atoms with van der Waals surface area (Å²) in [6, 6.07) is 0. The summed E-state index contributed by atoms with van der Waals surface area (Å²) in [6.45, 7) is 2.29. The van der Waals surface area contributed by atoms with Crippen molar-refractivity contribution in [2.24, 2.45) is 11.5 Å². The zero-order valence-electron chi connectivity index (χ0n) is 8.20. The number of rotatable bonds is 4. The lowest BCUT2D eigenvalue weighted by Crippen LogP contribution is -2.49. The first kappa shape index (κ1) is 13.2. The molecule has 0 aliphatic rings. The van der Waals surface area contributed by atoms with E-state index in [0.717, 1.165) is 7.40 Å². The van der Waals surface area contributed by atoms with Crippen LogP contribution in [0.3, 0.4) is 0 Å². The number of carbonyl (C=O) groups excluding carboxylic acids is 1. The third-order valence-electron chi connectivity index (χ3n) is 2.17. The van der Waals surface area contributed by atoms with Gasteiger partial charge in [0.05, 0.1) is 11.9 Å².